The number of halogens is 6. The van der Waals surface area contributed by atoms with Crippen LogP contribution in [-0.2, 0) is 6.18 Å². The van der Waals surface area contributed by atoms with Crippen LogP contribution < -0.4 is 9.47 Å². The monoisotopic (exact) mass is 319 g/mol. The number of ether oxygens (including phenoxy) is 2. The average molecular weight is 319 g/mol. The molecule has 0 atom stereocenters. The van der Waals surface area contributed by atoms with Crippen LogP contribution in [0, 0.1) is 10.1 Å². The number of nitro benzene ring substituents is 1. The van der Waals surface area contributed by atoms with Crippen LogP contribution in [0.2, 0.25) is 0 Å². The van der Waals surface area contributed by atoms with E-state index in [-0.39, 0.29) is 6.61 Å². The number of hydrogen-bond acceptors (Lipinski definition) is 4. The summed E-state index contributed by atoms with van der Waals surface area (Å²) < 4.78 is 82.8. The Hall–Kier alpha value is -2.20. The van der Waals surface area contributed by atoms with Gasteiger partial charge in [-0.3, -0.25) is 10.1 Å². The quantitative estimate of drug-likeness (QED) is 0.479. The fourth-order valence-corrected chi connectivity index (χ4v) is 1.49. The van der Waals surface area contributed by atoms with Crippen LogP contribution in [0.1, 0.15) is 12.5 Å². The van der Waals surface area contributed by atoms with Gasteiger partial charge in [-0.05, 0) is 19.1 Å². The van der Waals surface area contributed by atoms with E-state index in [1.807, 2.05) is 0 Å². The van der Waals surface area contributed by atoms with Crippen LogP contribution in [0.25, 0.3) is 0 Å². The molecule has 0 fully saturated rings. The lowest BCUT2D eigenvalue weighted by Gasteiger charge is -2.16. The Labute approximate surface area is 113 Å². The largest absolute Gasteiger partial charge is 0.573 e. The molecular formula is C10H7F6NO4. The molecular weight excluding hydrogens is 312 g/mol. The van der Waals surface area contributed by atoms with Crippen molar-refractivity contribution in [2.75, 3.05) is 6.61 Å². The van der Waals surface area contributed by atoms with Crippen molar-refractivity contribution in [1.82, 2.24) is 0 Å². The molecule has 0 N–H and O–H groups in total. The Balaban J connectivity index is 3.60. The molecule has 0 aromatic heterocycles. The van der Waals surface area contributed by atoms with Crippen molar-refractivity contribution in [3.63, 3.8) is 0 Å². The van der Waals surface area contributed by atoms with Crippen molar-refractivity contribution in [2.24, 2.45) is 0 Å². The zero-order valence-corrected chi connectivity index (χ0v) is 10.2. The molecule has 11 heteroatoms. The van der Waals surface area contributed by atoms with E-state index in [0.717, 1.165) is 0 Å². The maximum Gasteiger partial charge on any atom is 0.573 e. The van der Waals surface area contributed by atoms with Gasteiger partial charge >= 0.3 is 18.2 Å². The van der Waals surface area contributed by atoms with Crippen molar-refractivity contribution in [3.8, 4) is 11.5 Å². The maximum atomic E-state index is 12.9. The summed E-state index contributed by atoms with van der Waals surface area (Å²) in [6, 6.07) is 0.923. The van der Waals surface area contributed by atoms with Crippen molar-refractivity contribution < 1.29 is 40.7 Å². The number of benzene rings is 1. The lowest BCUT2D eigenvalue weighted by molar-refractivity contribution is -0.391. The molecule has 0 spiro atoms. The SMILES string of the molecule is CCOc1ccc(OC(F)(F)F)c([N+](=O)[O-])c1C(F)(F)F. The first-order valence-electron chi connectivity index (χ1n) is 5.24. The summed E-state index contributed by atoms with van der Waals surface area (Å²) >= 11 is 0. The summed E-state index contributed by atoms with van der Waals surface area (Å²) in [4.78, 5) is 9.13. The van der Waals surface area contributed by atoms with Gasteiger partial charge in [-0.25, -0.2) is 0 Å². The van der Waals surface area contributed by atoms with Gasteiger partial charge in [0.2, 0.25) is 5.75 Å². The number of rotatable bonds is 4. The predicted molar refractivity (Wildman–Crippen MR) is 56.0 cm³/mol. The van der Waals surface area contributed by atoms with E-state index in [1.54, 1.807) is 0 Å². The third-order valence-corrected chi connectivity index (χ3v) is 2.09. The van der Waals surface area contributed by atoms with Gasteiger partial charge in [0.1, 0.15) is 5.75 Å². The molecule has 0 aliphatic rings. The Bertz CT molecular complexity index is 540. The number of nitro groups is 1. The third-order valence-electron chi connectivity index (χ3n) is 2.09. The molecule has 0 amide bonds. The van der Waals surface area contributed by atoms with Gasteiger partial charge in [0.15, 0.2) is 5.56 Å². The molecule has 1 aromatic rings. The van der Waals surface area contributed by atoms with Crippen LogP contribution in [-0.4, -0.2) is 17.9 Å². The second-order valence-corrected chi connectivity index (χ2v) is 3.52. The number of alkyl halides is 6. The minimum Gasteiger partial charge on any atom is -0.493 e. The van der Waals surface area contributed by atoms with E-state index in [1.165, 1.54) is 6.92 Å². The highest BCUT2D eigenvalue weighted by Crippen LogP contribution is 2.47. The van der Waals surface area contributed by atoms with Crippen molar-refractivity contribution in [1.29, 1.82) is 0 Å². The van der Waals surface area contributed by atoms with Crippen molar-refractivity contribution >= 4 is 5.69 Å². The molecule has 0 aliphatic heterocycles. The second-order valence-electron chi connectivity index (χ2n) is 3.52. The fraction of sp³-hybridized carbons (Fsp3) is 0.400. The zero-order valence-electron chi connectivity index (χ0n) is 10.2. The van der Waals surface area contributed by atoms with Gasteiger partial charge in [0, 0.05) is 0 Å². The predicted octanol–water partition coefficient (Wildman–Crippen LogP) is 3.91. The second kappa shape index (κ2) is 5.66. The van der Waals surface area contributed by atoms with E-state index in [0.29, 0.717) is 12.1 Å². The molecule has 0 heterocycles. The van der Waals surface area contributed by atoms with Gasteiger partial charge < -0.3 is 9.47 Å². The molecule has 0 saturated carbocycles. The van der Waals surface area contributed by atoms with Crippen LogP contribution in [0.15, 0.2) is 12.1 Å². The first-order chi connectivity index (χ1) is 9.47. The van der Waals surface area contributed by atoms with Crippen LogP contribution in [0.3, 0.4) is 0 Å². The van der Waals surface area contributed by atoms with Gasteiger partial charge in [0.05, 0.1) is 11.5 Å². The Morgan fingerprint density at radius 1 is 1.14 bits per heavy atom. The molecule has 5 nitrogen and oxygen atoms in total. The Kier molecular flexibility index (Phi) is 4.54. The zero-order chi connectivity index (χ0) is 16.4. The Morgan fingerprint density at radius 2 is 1.67 bits per heavy atom. The lowest BCUT2D eigenvalue weighted by Crippen LogP contribution is -2.20. The highest BCUT2D eigenvalue weighted by molar-refractivity contribution is 5.60. The van der Waals surface area contributed by atoms with E-state index in [9.17, 15) is 36.5 Å². The van der Waals surface area contributed by atoms with Crippen LogP contribution in [0.4, 0.5) is 32.0 Å². The summed E-state index contributed by atoms with van der Waals surface area (Å²) in [5, 5.41) is 10.7. The van der Waals surface area contributed by atoms with Gasteiger partial charge in [-0.1, -0.05) is 0 Å². The molecule has 0 bridgehead atoms. The summed E-state index contributed by atoms with van der Waals surface area (Å²) in [6.07, 6.45) is -10.7. The van der Waals surface area contributed by atoms with Gasteiger partial charge in [0.25, 0.3) is 0 Å². The normalized spacial score (nSPS) is 12.1. The van der Waals surface area contributed by atoms with E-state index >= 15 is 0 Å². The molecule has 21 heavy (non-hydrogen) atoms. The molecule has 1 rings (SSSR count). The molecule has 118 valence electrons. The maximum absolute atomic E-state index is 12.9. The van der Waals surface area contributed by atoms with Gasteiger partial charge in [-0.15, -0.1) is 13.2 Å². The first kappa shape index (κ1) is 16.9. The minimum absolute atomic E-state index is 0.264. The minimum atomic E-state index is -5.37. The molecule has 0 unspecified atom stereocenters. The smallest absolute Gasteiger partial charge is 0.493 e. The summed E-state index contributed by atoms with van der Waals surface area (Å²) in [5.74, 6) is -2.52. The van der Waals surface area contributed by atoms with Crippen molar-refractivity contribution in [2.45, 2.75) is 19.5 Å². The Morgan fingerprint density at radius 3 is 2.05 bits per heavy atom. The lowest BCUT2D eigenvalue weighted by atomic mass is 10.1. The van der Waals surface area contributed by atoms with Crippen LogP contribution in [0.5, 0.6) is 11.5 Å². The van der Waals surface area contributed by atoms with Gasteiger partial charge in [-0.2, -0.15) is 13.2 Å². The van der Waals surface area contributed by atoms with E-state index in [4.69, 9.17) is 0 Å². The standard InChI is InChI=1S/C10H7F6NO4/c1-2-20-5-3-4-6(21-10(14,15)16)8(17(18)19)7(5)9(11,12)13/h3-4H,2H2,1H3. The highest BCUT2D eigenvalue weighted by atomic mass is 19.4. The molecule has 0 radical (unpaired) electrons. The summed E-state index contributed by atoms with van der Waals surface area (Å²) in [7, 11) is 0. The van der Waals surface area contributed by atoms with E-state index in [2.05, 4.69) is 9.47 Å². The topological polar surface area (TPSA) is 61.6 Å². The number of hydrogen-bond donors (Lipinski definition) is 0. The third kappa shape index (κ3) is 4.13. The fourth-order valence-electron chi connectivity index (χ4n) is 1.49. The summed E-state index contributed by atoms with van der Waals surface area (Å²) in [5.41, 5.74) is -3.79. The van der Waals surface area contributed by atoms with Crippen LogP contribution >= 0.6 is 0 Å². The van der Waals surface area contributed by atoms with Crippen molar-refractivity contribution in [3.05, 3.63) is 27.8 Å². The summed E-state index contributed by atoms with van der Waals surface area (Å²) in [6.45, 7) is 1.05. The first-order valence-corrected chi connectivity index (χ1v) is 5.24. The molecule has 1 aromatic carbocycles. The number of nitrogens with zero attached hydrogens (tertiary/aromatic N) is 1. The highest BCUT2D eigenvalue weighted by Gasteiger charge is 2.46. The molecule has 0 aliphatic carbocycles. The van der Waals surface area contributed by atoms with E-state index < -0.39 is 40.2 Å². The molecule has 0 saturated heterocycles. The average Bonchev–Trinajstić information content (AvgIpc) is 2.27.